The standard InChI is InChI=1S/C19H23N3O4S2/c1-5-28(25,26)13-7-6-12(20-10-13)9-21-18(23)15-8-14-17(27-15)16(11(2)3)22(4)19(14)24/h6-8,10-11,16H,5,9H2,1-4H3,(H,21,23). The molecule has 1 aliphatic heterocycles. The molecule has 1 atom stereocenters. The van der Waals surface area contributed by atoms with E-state index in [-0.39, 0.29) is 41.0 Å². The fourth-order valence-corrected chi connectivity index (χ4v) is 5.48. The van der Waals surface area contributed by atoms with Crippen molar-refractivity contribution in [2.75, 3.05) is 12.8 Å². The van der Waals surface area contributed by atoms with Crippen LogP contribution in [0.4, 0.5) is 0 Å². The van der Waals surface area contributed by atoms with E-state index in [9.17, 15) is 18.0 Å². The summed E-state index contributed by atoms with van der Waals surface area (Å²) >= 11 is 1.34. The van der Waals surface area contributed by atoms with Gasteiger partial charge >= 0.3 is 0 Å². The molecule has 0 aliphatic carbocycles. The van der Waals surface area contributed by atoms with Crippen LogP contribution in [0.2, 0.25) is 0 Å². The first-order chi connectivity index (χ1) is 13.2. The molecule has 3 rings (SSSR count). The first-order valence-electron chi connectivity index (χ1n) is 9.02. The van der Waals surface area contributed by atoms with Gasteiger partial charge in [0.05, 0.1) is 39.4 Å². The van der Waals surface area contributed by atoms with Crippen LogP contribution < -0.4 is 5.32 Å². The summed E-state index contributed by atoms with van der Waals surface area (Å²) < 4.78 is 23.6. The SMILES string of the molecule is CCS(=O)(=O)c1ccc(CNC(=O)c2cc3c(s2)C(C(C)C)N(C)C3=O)nc1. The maximum atomic E-state index is 12.5. The Balaban J connectivity index is 1.70. The van der Waals surface area contributed by atoms with Crippen LogP contribution in [0.5, 0.6) is 0 Å². The van der Waals surface area contributed by atoms with Gasteiger partial charge in [0.2, 0.25) is 0 Å². The molecule has 0 radical (unpaired) electrons. The molecule has 1 unspecified atom stereocenters. The lowest BCUT2D eigenvalue weighted by atomic mass is 10.0. The number of thiophene rings is 1. The van der Waals surface area contributed by atoms with Crippen LogP contribution in [0.25, 0.3) is 0 Å². The van der Waals surface area contributed by atoms with Crippen molar-refractivity contribution >= 4 is 33.0 Å². The van der Waals surface area contributed by atoms with Crippen molar-refractivity contribution in [3.8, 4) is 0 Å². The Morgan fingerprint density at radius 3 is 2.64 bits per heavy atom. The molecule has 7 nitrogen and oxygen atoms in total. The zero-order valence-corrected chi connectivity index (χ0v) is 17.9. The quantitative estimate of drug-likeness (QED) is 0.773. The summed E-state index contributed by atoms with van der Waals surface area (Å²) in [4.78, 5) is 32.3. The molecule has 0 aromatic carbocycles. The third-order valence-corrected chi connectivity index (χ3v) is 7.74. The lowest BCUT2D eigenvalue weighted by molar-refractivity contribution is 0.0742. The van der Waals surface area contributed by atoms with Crippen molar-refractivity contribution in [1.82, 2.24) is 15.2 Å². The highest BCUT2D eigenvalue weighted by Crippen LogP contribution is 2.42. The minimum absolute atomic E-state index is 0.0104. The number of nitrogens with zero attached hydrogens (tertiary/aromatic N) is 2. The van der Waals surface area contributed by atoms with Crippen LogP contribution in [-0.4, -0.2) is 42.9 Å². The summed E-state index contributed by atoms with van der Waals surface area (Å²) in [5, 5.41) is 2.78. The number of aromatic nitrogens is 1. The van der Waals surface area contributed by atoms with Crippen LogP contribution in [0.1, 0.15) is 57.4 Å². The van der Waals surface area contributed by atoms with E-state index < -0.39 is 9.84 Å². The summed E-state index contributed by atoms with van der Waals surface area (Å²) in [6.45, 7) is 5.86. The van der Waals surface area contributed by atoms with Crippen LogP contribution >= 0.6 is 11.3 Å². The number of hydrogen-bond acceptors (Lipinski definition) is 6. The molecular weight excluding hydrogens is 398 g/mol. The van der Waals surface area contributed by atoms with Crippen LogP contribution in [0.15, 0.2) is 29.3 Å². The van der Waals surface area contributed by atoms with Gasteiger partial charge in [0.1, 0.15) is 0 Å². The van der Waals surface area contributed by atoms with E-state index in [1.165, 1.54) is 23.6 Å². The summed E-state index contributed by atoms with van der Waals surface area (Å²) in [7, 11) is -1.51. The molecule has 2 amide bonds. The molecule has 0 spiro atoms. The Hall–Kier alpha value is -2.26. The Morgan fingerprint density at radius 1 is 1.36 bits per heavy atom. The topological polar surface area (TPSA) is 96.4 Å². The van der Waals surface area contributed by atoms with Gasteiger partial charge in [-0.3, -0.25) is 14.6 Å². The summed E-state index contributed by atoms with van der Waals surface area (Å²) in [5.41, 5.74) is 1.16. The van der Waals surface area contributed by atoms with Gasteiger partial charge in [0.25, 0.3) is 11.8 Å². The normalized spacial score (nSPS) is 16.5. The number of fused-ring (bicyclic) bond motifs is 1. The second-order valence-electron chi connectivity index (χ2n) is 7.06. The first kappa shape index (κ1) is 20.5. The Labute approximate surface area is 168 Å². The minimum Gasteiger partial charge on any atom is -0.346 e. The van der Waals surface area contributed by atoms with Crippen molar-refractivity contribution in [3.05, 3.63) is 45.4 Å². The maximum Gasteiger partial charge on any atom is 0.261 e. The molecule has 0 saturated carbocycles. The summed E-state index contributed by atoms with van der Waals surface area (Å²) in [6, 6.07) is 4.73. The average molecular weight is 422 g/mol. The van der Waals surface area contributed by atoms with E-state index in [0.717, 1.165) is 4.88 Å². The minimum atomic E-state index is -3.29. The Morgan fingerprint density at radius 2 is 2.07 bits per heavy atom. The van der Waals surface area contributed by atoms with Crippen molar-refractivity contribution in [3.63, 3.8) is 0 Å². The zero-order chi connectivity index (χ0) is 20.6. The van der Waals surface area contributed by atoms with Gasteiger partial charge in [-0.2, -0.15) is 0 Å². The maximum absolute atomic E-state index is 12.5. The number of amides is 2. The van der Waals surface area contributed by atoms with E-state index in [4.69, 9.17) is 0 Å². The van der Waals surface area contributed by atoms with Crippen molar-refractivity contribution in [2.24, 2.45) is 5.92 Å². The number of hydrogen-bond donors (Lipinski definition) is 1. The van der Waals surface area contributed by atoms with E-state index in [1.807, 2.05) is 0 Å². The number of carbonyl (C=O) groups excluding carboxylic acids is 2. The number of nitrogens with one attached hydrogen (secondary N) is 1. The van der Waals surface area contributed by atoms with E-state index in [2.05, 4.69) is 24.1 Å². The number of rotatable bonds is 6. The average Bonchev–Trinajstić information content (AvgIpc) is 3.19. The fourth-order valence-electron chi connectivity index (χ4n) is 3.27. The predicted molar refractivity (Wildman–Crippen MR) is 107 cm³/mol. The highest BCUT2D eigenvalue weighted by molar-refractivity contribution is 7.91. The van der Waals surface area contributed by atoms with Crippen molar-refractivity contribution in [2.45, 2.75) is 38.3 Å². The molecule has 9 heteroatoms. The Kier molecular flexibility index (Phi) is 5.58. The molecule has 0 fully saturated rings. The smallest absolute Gasteiger partial charge is 0.261 e. The molecule has 2 aromatic heterocycles. The highest BCUT2D eigenvalue weighted by Gasteiger charge is 2.38. The van der Waals surface area contributed by atoms with Gasteiger partial charge < -0.3 is 10.2 Å². The second kappa shape index (κ2) is 7.63. The predicted octanol–water partition coefficient (Wildman–Crippen LogP) is 2.65. The molecule has 1 N–H and O–H groups in total. The molecule has 28 heavy (non-hydrogen) atoms. The van der Waals surface area contributed by atoms with Gasteiger partial charge in [0, 0.05) is 18.1 Å². The number of sulfone groups is 1. The second-order valence-corrected chi connectivity index (χ2v) is 10.4. The van der Waals surface area contributed by atoms with Crippen LogP contribution in [-0.2, 0) is 16.4 Å². The van der Waals surface area contributed by atoms with Gasteiger partial charge in [-0.05, 0) is 24.1 Å². The molecule has 0 bridgehead atoms. The zero-order valence-electron chi connectivity index (χ0n) is 16.2. The highest BCUT2D eigenvalue weighted by atomic mass is 32.2. The fraction of sp³-hybridized carbons (Fsp3) is 0.421. The van der Waals surface area contributed by atoms with Crippen molar-refractivity contribution < 1.29 is 18.0 Å². The van der Waals surface area contributed by atoms with Crippen LogP contribution in [0.3, 0.4) is 0 Å². The first-order valence-corrected chi connectivity index (χ1v) is 11.5. The van der Waals surface area contributed by atoms with Gasteiger partial charge in [-0.1, -0.05) is 20.8 Å². The van der Waals surface area contributed by atoms with E-state index in [0.29, 0.717) is 16.1 Å². The summed E-state index contributed by atoms with van der Waals surface area (Å²) in [5.74, 6) is -0.0614. The van der Waals surface area contributed by atoms with Crippen LogP contribution in [0, 0.1) is 5.92 Å². The third-order valence-electron chi connectivity index (χ3n) is 4.82. The molecule has 150 valence electrons. The molecular formula is C19H23N3O4S2. The van der Waals surface area contributed by atoms with Gasteiger partial charge in [0.15, 0.2) is 9.84 Å². The molecule has 3 heterocycles. The molecule has 2 aromatic rings. The van der Waals surface area contributed by atoms with E-state index in [1.54, 1.807) is 31.0 Å². The van der Waals surface area contributed by atoms with Crippen molar-refractivity contribution in [1.29, 1.82) is 0 Å². The third kappa shape index (κ3) is 3.68. The molecule has 1 aliphatic rings. The monoisotopic (exact) mass is 421 g/mol. The number of pyridine rings is 1. The number of carbonyl (C=O) groups is 2. The Bertz CT molecular complexity index is 1010. The summed E-state index contributed by atoms with van der Waals surface area (Å²) in [6.07, 6.45) is 1.31. The largest absolute Gasteiger partial charge is 0.346 e. The lowest BCUT2D eigenvalue weighted by Crippen LogP contribution is -2.27. The molecule has 0 saturated heterocycles. The van der Waals surface area contributed by atoms with E-state index >= 15 is 0 Å². The lowest BCUT2D eigenvalue weighted by Gasteiger charge is -2.23. The van der Waals surface area contributed by atoms with Gasteiger partial charge in [-0.25, -0.2) is 8.42 Å². The van der Waals surface area contributed by atoms with Gasteiger partial charge in [-0.15, -0.1) is 11.3 Å².